The third-order valence-electron chi connectivity index (χ3n) is 6.29. The summed E-state index contributed by atoms with van der Waals surface area (Å²) in [5.74, 6) is -0.0318. The highest BCUT2D eigenvalue weighted by Gasteiger charge is 2.45. The monoisotopic (exact) mass is 475 g/mol. The first kappa shape index (κ1) is 25.1. The second-order valence-corrected chi connectivity index (χ2v) is 11.3. The van der Waals surface area contributed by atoms with Crippen molar-refractivity contribution in [3.05, 3.63) is 47.5 Å². The smallest absolute Gasteiger partial charge is 0.239 e. The van der Waals surface area contributed by atoms with Crippen LogP contribution in [0.15, 0.2) is 36.4 Å². The summed E-state index contributed by atoms with van der Waals surface area (Å²) in [6, 6.07) is 12.0. The summed E-state index contributed by atoms with van der Waals surface area (Å²) in [6.07, 6.45) is 1.38. The SMILES string of the molecule is COCCOc1cccc(-c2ccc(C3CCN(S(=O)(=O)C(C)(C)C(N)=O)CC3)cc2C)n1. The van der Waals surface area contributed by atoms with Gasteiger partial charge in [0.2, 0.25) is 21.8 Å². The number of nitrogens with zero attached hydrogens (tertiary/aromatic N) is 2. The third-order valence-corrected chi connectivity index (χ3v) is 8.83. The van der Waals surface area contributed by atoms with E-state index in [1.54, 1.807) is 7.11 Å². The van der Waals surface area contributed by atoms with E-state index in [9.17, 15) is 13.2 Å². The van der Waals surface area contributed by atoms with Crippen LogP contribution in [-0.4, -0.2) is 61.8 Å². The van der Waals surface area contributed by atoms with Gasteiger partial charge in [0, 0.05) is 31.8 Å². The summed E-state index contributed by atoms with van der Waals surface area (Å²) in [5.41, 5.74) is 9.47. The summed E-state index contributed by atoms with van der Waals surface area (Å²) in [7, 11) is -2.17. The van der Waals surface area contributed by atoms with Crippen molar-refractivity contribution >= 4 is 15.9 Å². The summed E-state index contributed by atoms with van der Waals surface area (Å²) in [5, 5.41) is 0. The van der Waals surface area contributed by atoms with Gasteiger partial charge >= 0.3 is 0 Å². The first-order valence-corrected chi connectivity index (χ1v) is 12.5. The number of carbonyl (C=O) groups excluding carboxylic acids is 1. The van der Waals surface area contributed by atoms with Crippen molar-refractivity contribution in [2.75, 3.05) is 33.4 Å². The molecule has 0 atom stereocenters. The molecule has 0 spiro atoms. The molecule has 0 saturated carbocycles. The van der Waals surface area contributed by atoms with E-state index in [1.807, 2.05) is 25.1 Å². The molecule has 0 unspecified atom stereocenters. The van der Waals surface area contributed by atoms with Crippen molar-refractivity contribution in [2.24, 2.45) is 5.73 Å². The number of carbonyl (C=O) groups is 1. The van der Waals surface area contributed by atoms with Crippen molar-refractivity contribution in [3.8, 4) is 17.1 Å². The van der Waals surface area contributed by atoms with Gasteiger partial charge in [0.05, 0.1) is 12.3 Å². The van der Waals surface area contributed by atoms with E-state index in [1.165, 1.54) is 23.7 Å². The zero-order chi connectivity index (χ0) is 24.2. The molecule has 1 amide bonds. The molecule has 1 saturated heterocycles. The van der Waals surface area contributed by atoms with Crippen molar-refractivity contribution in [1.82, 2.24) is 9.29 Å². The molecule has 3 rings (SSSR count). The van der Waals surface area contributed by atoms with Crippen molar-refractivity contribution in [1.29, 1.82) is 0 Å². The number of ether oxygens (including phenoxy) is 2. The minimum atomic E-state index is -3.80. The maximum atomic E-state index is 12.9. The molecular weight excluding hydrogens is 442 g/mol. The van der Waals surface area contributed by atoms with Crippen LogP contribution >= 0.6 is 0 Å². The van der Waals surface area contributed by atoms with Crippen LogP contribution in [0.25, 0.3) is 11.3 Å². The van der Waals surface area contributed by atoms with Gasteiger partial charge in [-0.15, -0.1) is 0 Å². The van der Waals surface area contributed by atoms with Crippen molar-refractivity contribution < 1.29 is 22.7 Å². The van der Waals surface area contributed by atoms with Crippen LogP contribution in [0.1, 0.15) is 43.7 Å². The second-order valence-electron chi connectivity index (χ2n) is 8.83. The fourth-order valence-electron chi connectivity index (χ4n) is 3.98. The third kappa shape index (κ3) is 5.37. The van der Waals surface area contributed by atoms with Crippen LogP contribution in [0.5, 0.6) is 5.88 Å². The molecule has 1 aromatic heterocycles. The predicted molar refractivity (Wildman–Crippen MR) is 128 cm³/mol. The molecule has 1 aromatic carbocycles. The van der Waals surface area contributed by atoms with Crippen molar-refractivity contribution in [3.63, 3.8) is 0 Å². The van der Waals surface area contributed by atoms with Gasteiger partial charge < -0.3 is 15.2 Å². The molecule has 0 bridgehead atoms. The van der Waals surface area contributed by atoms with E-state index in [-0.39, 0.29) is 5.92 Å². The summed E-state index contributed by atoms with van der Waals surface area (Å²) in [6.45, 7) is 6.46. The first-order valence-electron chi connectivity index (χ1n) is 11.1. The van der Waals surface area contributed by atoms with Gasteiger partial charge in [-0.3, -0.25) is 4.79 Å². The van der Waals surface area contributed by atoms with Crippen LogP contribution in [0.4, 0.5) is 0 Å². The molecule has 33 heavy (non-hydrogen) atoms. The average molecular weight is 476 g/mol. The zero-order valence-electron chi connectivity index (χ0n) is 19.7. The predicted octanol–water partition coefficient (Wildman–Crippen LogP) is 2.86. The highest BCUT2D eigenvalue weighted by Crippen LogP contribution is 2.34. The Bertz CT molecular complexity index is 1090. The van der Waals surface area contributed by atoms with Gasteiger partial charge in [0.25, 0.3) is 0 Å². The van der Waals surface area contributed by atoms with Gasteiger partial charge in [-0.05, 0) is 56.7 Å². The highest BCUT2D eigenvalue weighted by molar-refractivity contribution is 7.91. The number of sulfonamides is 1. The standard InChI is InChI=1S/C24H33N3O5S/c1-17-16-19(8-9-20(17)21-6-5-7-22(26-21)32-15-14-31-4)18-10-12-27(13-11-18)33(29,30)24(2,3)23(25)28/h5-9,16,18H,10-15H2,1-4H3,(H2,25,28). The fourth-order valence-corrected chi connectivity index (χ4v) is 5.57. The Kier molecular flexibility index (Phi) is 7.76. The lowest BCUT2D eigenvalue weighted by molar-refractivity contribution is -0.119. The second kappa shape index (κ2) is 10.2. The van der Waals surface area contributed by atoms with Gasteiger partial charge in [-0.25, -0.2) is 17.7 Å². The first-order chi connectivity index (χ1) is 15.6. The van der Waals surface area contributed by atoms with E-state index in [2.05, 4.69) is 23.2 Å². The number of benzene rings is 1. The van der Waals surface area contributed by atoms with E-state index in [4.69, 9.17) is 15.2 Å². The number of aryl methyl sites for hydroxylation is 1. The summed E-state index contributed by atoms with van der Waals surface area (Å²) >= 11 is 0. The molecular formula is C24H33N3O5S. The van der Waals surface area contributed by atoms with Gasteiger partial charge in [-0.2, -0.15) is 0 Å². The van der Waals surface area contributed by atoms with E-state index >= 15 is 0 Å². The lowest BCUT2D eigenvalue weighted by Crippen LogP contribution is -2.53. The van der Waals surface area contributed by atoms with Crippen molar-refractivity contribution in [2.45, 2.75) is 44.3 Å². The average Bonchev–Trinajstić information content (AvgIpc) is 2.79. The Balaban J connectivity index is 1.71. The van der Waals surface area contributed by atoms with Gasteiger partial charge in [0.1, 0.15) is 6.61 Å². The Morgan fingerprint density at radius 3 is 2.48 bits per heavy atom. The Morgan fingerprint density at radius 1 is 1.18 bits per heavy atom. The van der Waals surface area contributed by atoms with E-state index in [0.29, 0.717) is 45.0 Å². The number of pyridine rings is 1. The molecule has 9 heteroatoms. The number of rotatable bonds is 9. The number of hydrogen-bond acceptors (Lipinski definition) is 6. The number of hydrogen-bond donors (Lipinski definition) is 1. The largest absolute Gasteiger partial charge is 0.475 e. The molecule has 2 aromatic rings. The lowest BCUT2D eigenvalue weighted by atomic mass is 9.88. The van der Waals surface area contributed by atoms with E-state index in [0.717, 1.165) is 16.8 Å². The van der Waals surface area contributed by atoms with Gasteiger partial charge in [0.15, 0.2) is 4.75 Å². The molecule has 2 N–H and O–H groups in total. The van der Waals surface area contributed by atoms with Gasteiger partial charge in [-0.1, -0.05) is 24.3 Å². The van der Waals surface area contributed by atoms with Crippen LogP contribution in [-0.2, 0) is 19.6 Å². The summed E-state index contributed by atoms with van der Waals surface area (Å²) < 4.78 is 36.1. The Hall–Kier alpha value is -2.49. The fraction of sp³-hybridized carbons (Fsp3) is 0.500. The van der Waals surface area contributed by atoms with E-state index < -0.39 is 20.7 Å². The number of amides is 1. The zero-order valence-corrected chi connectivity index (χ0v) is 20.5. The highest BCUT2D eigenvalue weighted by atomic mass is 32.2. The number of methoxy groups -OCH3 is 1. The maximum absolute atomic E-state index is 12.9. The maximum Gasteiger partial charge on any atom is 0.239 e. The van der Waals surface area contributed by atoms with Crippen LogP contribution in [0.3, 0.4) is 0 Å². The molecule has 0 aliphatic carbocycles. The minimum absolute atomic E-state index is 0.248. The number of piperidine rings is 1. The normalized spacial score (nSPS) is 16.0. The Morgan fingerprint density at radius 2 is 1.88 bits per heavy atom. The number of nitrogens with two attached hydrogens (primary N) is 1. The lowest BCUT2D eigenvalue weighted by Gasteiger charge is -2.35. The minimum Gasteiger partial charge on any atom is -0.475 e. The summed E-state index contributed by atoms with van der Waals surface area (Å²) in [4.78, 5) is 16.3. The van der Waals surface area contributed by atoms with Crippen LogP contribution < -0.4 is 10.5 Å². The molecule has 180 valence electrons. The molecule has 1 aliphatic heterocycles. The molecule has 1 aliphatic rings. The molecule has 1 fully saturated rings. The topological polar surface area (TPSA) is 112 Å². The molecule has 8 nitrogen and oxygen atoms in total. The number of primary amides is 1. The Labute approximate surface area is 196 Å². The van der Waals surface area contributed by atoms with Crippen LogP contribution in [0.2, 0.25) is 0 Å². The van der Waals surface area contributed by atoms with Crippen LogP contribution in [0, 0.1) is 6.92 Å². The molecule has 2 heterocycles. The molecule has 0 radical (unpaired) electrons. The quantitative estimate of drug-likeness (QED) is 0.558. The number of aromatic nitrogens is 1.